The van der Waals surface area contributed by atoms with Crippen LogP contribution in [0.1, 0.15) is 11.1 Å². The van der Waals surface area contributed by atoms with Crippen molar-refractivity contribution < 1.29 is 56.8 Å². The van der Waals surface area contributed by atoms with Crippen molar-refractivity contribution in [2.24, 2.45) is 0 Å². The first-order chi connectivity index (χ1) is 8.89. The zero-order valence-electron chi connectivity index (χ0n) is 11.2. The zero-order valence-corrected chi connectivity index (χ0v) is 17.0. The Hall–Kier alpha value is 0.930. The van der Waals surface area contributed by atoms with Gasteiger partial charge in [0.1, 0.15) is 5.75 Å². The Labute approximate surface area is 158 Å². The maximum absolute atomic E-state index is 11.6. The van der Waals surface area contributed by atoms with Crippen molar-refractivity contribution in [3.05, 3.63) is 23.3 Å². The van der Waals surface area contributed by atoms with Gasteiger partial charge < -0.3 is 9.44 Å². The first-order valence-corrected chi connectivity index (χ1v) is 8.96. The molecular formula is C10H12INaO6S2. The van der Waals surface area contributed by atoms with Gasteiger partial charge in [0.25, 0.3) is 0 Å². The maximum atomic E-state index is 11.6. The molecule has 0 saturated heterocycles. The largest absolute Gasteiger partial charge is 1.00 e. The van der Waals surface area contributed by atoms with E-state index in [1.807, 2.05) is 22.6 Å². The number of benzene rings is 1. The van der Waals surface area contributed by atoms with Crippen LogP contribution in [0.3, 0.4) is 0 Å². The summed E-state index contributed by atoms with van der Waals surface area (Å²) in [5, 5.41) is 13.0. The third kappa shape index (κ3) is 6.79. The van der Waals surface area contributed by atoms with Crippen LogP contribution in [-0.4, -0.2) is 18.6 Å². The number of rotatable bonds is 7. The van der Waals surface area contributed by atoms with Crippen LogP contribution in [0.15, 0.2) is 17.0 Å². The predicted molar refractivity (Wildman–Crippen MR) is 77.2 cm³/mol. The summed E-state index contributed by atoms with van der Waals surface area (Å²) in [7, 11) is -3.58. The molecule has 0 aromatic heterocycles. The summed E-state index contributed by atoms with van der Waals surface area (Å²) in [4.78, 5) is 0.615. The predicted octanol–water partition coefficient (Wildman–Crippen LogP) is -1.32. The molecule has 108 valence electrons. The van der Waals surface area contributed by atoms with Crippen molar-refractivity contribution >= 4 is 44.8 Å². The zero-order chi connectivity index (χ0) is 14.5. The van der Waals surface area contributed by atoms with Crippen LogP contribution < -0.4 is 39.0 Å². The minimum atomic E-state index is -3.58. The fourth-order valence-corrected chi connectivity index (χ4v) is 4.37. The van der Waals surface area contributed by atoms with Crippen LogP contribution >= 0.6 is 34.6 Å². The second kappa shape index (κ2) is 9.85. The average Bonchev–Trinajstić information content (AvgIpc) is 2.31. The van der Waals surface area contributed by atoms with Crippen LogP contribution in [0.5, 0.6) is 5.75 Å². The molecule has 0 aliphatic carbocycles. The van der Waals surface area contributed by atoms with Gasteiger partial charge in [-0.2, -0.15) is 12.8 Å². The quantitative estimate of drug-likeness (QED) is 0.0986. The number of hydrogen-bond acceptors (Lipinski definition) is 7. The van der Waals surface area contributed by atoms with Crippen molar-refractivity contribution in [1.29, 1.82) is 0 Å². The Balaban J connectivity index is 0.00000361. The van der Waals surface area contributed by atoms with Gasteiger partial charge in [0.05, 0.1) is 17.8 Å². The van der Waals surface area contributed by atoms with Crippen molar-refractivity contribution in [2.45, 2.75) is 18.7 Å². The summed E-state index contributed by atoms with van der Waals surface area (Å²) in [6.07, 6.45) is 0. The molecule has 0 saturated carbocycles. The topological polar surface area (TPSA) is 84.9 Å². The number of aryl methyl sites for hydroxylation is 2. The number of hydrogen-bond donors (Lipinski definition) is 0. The molecule has 0 fully saturated rings. The van der Waals surface area contributed by atoms with E-state index in [1.54, 1.807) is 26.0 Å². The second-order valence-electron chi connectivity index (χ2n) is 3.64. The minimum Gasteiger partial charge on any atom is -0.691 e. The normalized spacial score (nSPS) is 11.0. The first kappa shape index (κ1) is 20.9. The molecule has 0 unspecified atom stereocenters. The van der Waals surface area contributed by atoms with E-state index in [0.29, 0.717) is 26.2 Å². The number of halogens is 1. The Morgan fingerprint density at radius 2 is 1.85 bits per heavy atom. The van der Waals surface area contributed by atoms with Gasteiger partial charge >= 0.3 is 39.7 Å². The van der Waals surface area contributed by atoms with E-state index in [-0.39, 0.29) is 35.3 Å². The standard InChI is InChI=1S/C10H13IO6S2.Na/c1-7-5-9(18-17-16-12)6-8(2)10(7)15-19(13,14)4-3-11;/h5-6,12H,3-4H2,1-2H3;/q;+1/p-1. The van der Waals surface area contributed by atoms with Crippen LogP contribution in [0, 0.1) is 13.8 Å². The summed E-state index contributed by atoms with van der Waals surface area (Å²) in [5.41, 5.74) is 1.27. The summed E-state index contributed by atoms with van der Waals surface area (Å²) in [6, 6.07) is 3.29. The van der Waals surface area contributed by atoms with Crippen LogP contribution in [0.2, 0.25) is 0 Å². The van der Waals surface area contributed by atoms with E-state index in [0.717, 1.165) is 12.0 Å². The van der Waals surface area contributed by atoms with E-state index in [1.165, 1.54) is 0 Å². The minimum absolute atomic E-state index is 0. The van der Waals surface area contributed by atoms with Gasteiger partial charge in [0, 0.05) is 9.32 Å². The van der Waals surface area contributed by atoms with Gasteiger partial charge in [-0.15, -0.1) is 0 Å². The van der Waals surface area contributed by atoms with E-state index in [9.17, 15) is 13.7 Å². The van der Waals surface area contributed by atoms with Gasteiger partial charge in [0.15, 0.2) is 0 Å². The first-order valence-electron chi connectivity index (χ1n) is 5.12. The van der Waals surface area contributed by atoms with Gasteiger partial charge in [-0.3, -0.25) is 5.04 Å². The SMILES string of the molecule is Cc1cc(SOO[O-])cc(C)c1OS(=O)(=O)CCI.[Na+]. The van der Waals surface area contributed by atoms with Gasteiger partial charge in [-0.05, 0) is 37.1 Å². The molecule has 0 amide bonds. The van der Waals surface area contributed by atoms with Crippen LogP contribution in [0.4, 0.5) is 0 Å². The van der Waals surface area contributed by atoms with Crippen molar-refractivity contribution in [3.8, 4) is 5.75 Å². The summed E-state index contributed by atoms with van der Waals surface area (Å²) in [6.45, 7) is 3.42. The van der Waals surface area contributed by atoms with Crippen molar-refractivity contribution in [2.75, 3.05) is 10.2 Å². The molecule has 6 nitrogen and oxygen atoms in total. The number of alkyl halides is 1. The third-order valence-electron chi connectivity index (χ3n) is 2.13. The third-order valence-corrected chi connectivity index (χ3v) is 5.08. The monoisotopic (exact) mass is 442 g/mol. The molecule has 0 aliphatic heterocycles. The summed E-state index contributed by atoms with van der Waals surface area (Å²) < 4.78 is 33.0. The fraction of sp³-hybridized carbons (Fsp3) is 0.400. The van der Waals surface area contributed by atoms with Crippen LogP contribution in [0.25, 0.3) is 0 Å². The molecule has 0 radical (unpaired) electrons. The molecule has 1 aromatic carbocycles. The molecule has 10 heteroatoms. The van der Waals surface area contributed by atoms with E-state index >= 15 is 0 Å². The van der Waals surface area contributed by atoms with Gasteiger partial charge in [-0.1, -0.05) is 22.6 Å². The fourth-order valence-electron chi connectivity index (χ4n) is 1.41. The molecule has 0 spiro atoms. The second-order valence-corrected chi connectivity index (χ2v) is 7.18. The average molecular weight is 442 g/mol. The van der Waals surface area contributed by atoms with E-state index < -0.39 is 10.1 Å². The van der Waals surface area contributed by atoms with E-state index in [2.05, 4.69) is 9.37 Å². The van der Waals surface area contributed by atoms with Gasteiger partial charge in [0.2, 0.25) is 0 Å². The maximum Gasteiger partial charge on any atom is 1.00 e. The molecule has 1 aromatic rings. The smallest absolute Gasteiger partial charge is 0.691 e. The summed E-state index contributed by atoms with van der Waals surface area (Å²) >= 11 is 2.72. The molecule has 0 heterocycles. The Bertz CT molecular complexity index is 514. The molecular weight excluding hydrogens is 430 g/mol. The molecule has 0 bridgehead atoms. The Morgan fingerprint density at radius 1 is 1.30 bits per heavy atom. The van der Waals surface area contributed by atoms with Crippen LogP contribution in [-0.2, 0) is 19.5 Å². The molecule has 0 N–H and O–H groups in total. The van der Waals surface area contributed by atoms with Crippen molar-refractivity contribution in [3.63, 3.8) is 0 Å². The molecule has 0 aliphatic rings. The molecule has 20 heavy (non-hydrogen) atoms. The molecule has 0 atom stereocenters. The Kier molecular flexibility index (Phi) is 10.3. The summed E-state index contributed by atoms with van der Waals surface area (Å²) in [5.74, 6) is 0.257. The van der Waals surface area contributed by atoms with Gasteiger partial charge in [-0.25, -0.2) is 0 Å². The van der Waals surface area contributed by atoms with E-state index in [4.69, 9.17) is 4.18 Å². The molecule has 1 rings (SSSR count). The Morgan fingerprint density at radius 3 is 2.30 bits per heavy atom. The van der Waals surface area contributed by atoms with Crippen molar-refractivity contribution in [1.82, 2.24) is 0 Å².